The smallest absolute Gasteiger partial charge is 0.154 e. The molecule has 1 aliphatic heterocycles. The van der Waals surface area contributed by atoms with Crippen molar-refractivity contribution in [2.75, 3.05) is 24.7 Å². The molecule has 0 aromatic carbocycles. The Morgan fingerprint density at radius 3 is 2.91 bits per heavy atom. The number of anilines is 1. The molecule has 2 aromatic rings. The zero-order valence-electron chi connectivity index (χ0n) is 13.2. The number of morpholine rings is 1. The van der Waals surface area contributed by atoms with Gasteiger partial charge >= 0.3 is 0 Å². The number of ether oxygens (including phenoxy) is 1. The Balaban J connectivity index is 1.94. The molecule has 0 unspecified atom stereocenters. The largest absolute Gasteiger partial charge is 0.377 e. The lowest BCUT2D eigenvalue weighted by molar-refractivity contribution is 0.0985. The number of halogens is 1. The van der Waals surface area contributed by atoms with Gasteiger partial charge in [0.15, 0.2) is 4.60 Å². The number of fused-ring (bicyclic) bond motifs is 1. The summed E-state index contributed by atoms with van der Waals surface area (Å²) >= 11 is 3.51. The van der Waals surface area contributed by atoms with Gasteiger partial charge in [-0.1, -0.05) is 0 Å². The third kappa shape index (κ3) is 2.24. The molecule has 1 saturated heterocycles. The van der Waals surface area contributed by atoms with Crippen molar-refractivity contribution in [2.45, 2.75) is 31.2 Å². The van der Waals surface area contributed by atoms with Gasteiger partial charge in [0.05, 0.1) is 36.3 Å². The van der Waals surface area contributed by atoms with Crippen LogP contribution >= 0.6 is 15.9 Å². The molecule has 1 saturated carbocycles. The first kappa shape index (κ1) is 14.9. The van der Waals surface area contributed by atoms with Gasteiger partial charge in [0.2, 0.25) is 0 Å². The van der Waals surface area contributed by atoms with Crippen LogP contribution in [0.25, 0.3) is 11.0 Å². The highest BCUT2D eigenvalue weighted by Crippen LogP contribution is 2.50. The number of aromatic nitrogens is 3. The van der Waals surface area contributed by atoms with Gasteiger partial charge in [-0.15, -0.1) is 0 Å². The third-order valence-electron chi connectivity index (χ3n) is 4.88. The molecular weight excluding hydrogens is 358 g/mol. The van der Waals surface area contributed by atoms with Crippen LogP contribution in [0.3, 0.4) is 0 Å². The SMILES string of the molecule is C[C@@H]1COCCN1c1cc(C2(C#N)CC2)c2c(n1)c(Br)nn2C. The maximum atomic E-state index is 9.67. The Hall–Kier alpha value is -1.65. The van der Waals surface area contributed by atoms with E-state index in [1.54, 1.807) is 0 Å². The fraction of sp³-hybridized carbons (Fsp3) is 0.562. The standard InChI is InChI=1S/C16H18BrN5O/c1-10-8-23-6-5-22(10)12-7-11(16(9-18)3-4-16)14-13(19-12)15(17)20-21(14)2/h7,10H,3-6,8H2,1-2H3/t10-/m1/s1. The topological polar surface area (TPSA) is 67.0 Å². The molecule has 0 bridgehead atoms. The first-order valence-corrected chi connectivity index (χ1v) is 8.64. The van der Waals surface area contributed by atoms with Crippen molar-refractivity contribution in [2.24, 2.45) is 7.05 Å². The van der Waals surface area contributed by atoms with Gasteiger partial charge in [0.25, 0.3) is 0 Å². The second-order valence-corrected chi connectivity index (χ2v) is 7.20. The summed E-state index contributed by atoms with van der Waals surface area (Å²) in [5.41, 5.74) is 2.47. The number of hydrogen-bond donors (Lipinski definition) is 0. The van der Waals surface area contributed by atoms with Crippen LogP contribution in [0.4, 0.5) is 5.82 Å². The van der Waals surface area contributed by atoms with Gasteiger partial charge < -0.3 is 9.64 Å². The monoisotopic (exact) mass is 375 g/mol. The van der Waals surface area contributed by atoms with Gasteiger partial charge in [0, 0.05) is 19.2 Å². The molecule has 2 aromatic heterocycles. The van der Waals surface area contributed by atoms with E-state index in [0.717, 1.165) is 46.4 Å². The zero-order valence-corrected chi connectivity index (χ0v) is 14.8. The van der Waals surface area contributed by atoms with E-state index in [2.05, 4.69) is 45.0 Å². The van der Waals surface area contributed by atoms with Crippen LogP contribution in [0.5, 0.6) is 0 Å². The maximum absolute atomic E-state index is 9.67. The summed E-state index contributed by atoms with van der Waals surface area (Å²) in [5, 5.41) is 14.1. The molecule has 0 radical (unpaired) electrons. The summed E-state index contributed by atoms with van der Waals surface area (Å²) in [7, 11) is 1.91. The second kappa shape index (κ2) is 5.18. The summed E-state index contributed by atoms with van der Waals surface area (Å²) in [5.74, 6) is 0.915. The molecule has 6 nitrogen and oxygen atoms in total. The van der Waals surface area contributed by atoms with Gasteiger partial charge in [-0.2, -0.15) is 10.4 Å². The van der Waals surface area contributed by atoms with Gasteiger partial charge in [0.1, 0.15) is 11.3 Å². The molecule has 3 heterocycles. The number of hydrogen-bond acceptors (Lipinski definition) is 5. The number of pyridine rings is 1. The van der Waals surface area contributed by atoms with Gasteiger partial charge in [-0.3, -0.25) is 4.68 Å². The summed E-state index contributed by atoms with van der Waals surface area (Å²) in [6, 6.07) is 4.88. The summed E-state index contributed by atoms with van der Waals surface area (Å²) in [6.45, 7) is 4.36. The fourth-order valence-corrected chi connectivity index (χ4v) is 3.89. The highest BCUT2D eigenvalue weighted by Gasteiger charge is 2.47. The quantitative estimate of drug-likeness (QED) is 0.806. The molecule has 2 fully saturated rings. The first-order valence-electron chi connectivity index (χ1n) is 7.85. The average Bonchev–Trinajstić information content (AvgIpc) is 3.29. The molecule has 4 rings (SSSR count). The average molecular weight is 376 g/mol. The Kier molecular flexibility index (Phi) is 3.36. The van der Waals surface area contributed by atoms with Crippen molar-refractivity contribution in [1.29, 1.82) is 5.26 Å². The minimum atomic E-state index is -0.376. The van der Waals surface area contributed by atoms with Crippen molar-refractivity contribution < 1.29 is 4.74 Å². The maximum Gasteiger partial charge on any atom is 0.154 e. The summed E-state index contributed by atoms with van der Waals surface area (Å²) < 4.78 is 8.09. The molecule has 0 spiro atoms. The van der Waals surface area contributed by atoms with Crippen LogP contribution < -0.4 is 4.90 Å². The molecule has 2 aliphatic rings. The molecule has 23 heavy (non-hydrogen) atoms. The molecule has 7 heteroatoms. The van der Waals surface area contributed by atoms with E-state index in [0.29, 0.717) is 13.2 Å². The molecule has 120 valence electrons. The van der Waals surface area contributed by atoms with Crippen LogP contribution in [-0.2, 0) is 17.2 Å². The molecule has 1 atom stereocenters. The van der Waals surface area contributed by atoms with Crippen molar-refractivity contribution in [3.05, 3.63) is 16.2 Å². The van der Waals surface area contributed by atoms with Crippen molar-refractivity contribution >= 4 is 32.8 Å². The molecule has 0 N–H and O–H groups in total. The highest BCUT2D eigenvalue weighted by atomic mass is 79.9. The van der Waals surface area contributed by atoms with E-state index in [4.69, 9.17) is 9.72 Å². The van der Waals surface area contributed by atoms with Gasteiger partial charge in [-0.25, -0.2) is 4.98 Å². The zero-order chi connectivity index (χ0) is 16.2. The van der Waals surface area contributed by atoms with Crippen LogP contribution in [0.1, 0.15) is 25.3 Å². The second-order valence-electron chi connectivity index (χ2n) is 6.45. The van der Waals surface area contributed by atoms with Crippen molar-refractivity contribution in [3.63, 3.8) is 0 Å². The van der Waals surface area contributed by atoms with Crippen molar-refractivity contribution in [3.8, 4) is 6.07 Å². The lowest BCUT2D eigenvalue weighted by atomic mass is 9.96. The lowest BCUT2D eigenvalue weighted by Crippen LogP contribution is -2.44. The Bertz CT molecular complexity index is 820. The molecular formula is C16H18BrN5O. The number of nitrogens with zero attached hydrogens (tertiary/aromatic N) is 5. The Morgan fingerprint density at radius 2 is 2.26 bits per heavy atom. The number of rotatable bonds is 2. The predicted molar refractivity (Wildman–Crippen MR) is 90.4 cm³/mol. The Labute approximate surface area is 143 Å². The van der Waals surface area contributed by atoms with E-state index in [-0.39, 0.29) is 11.5 Å². The third-order valence-corrected chi connectivity index (χ3v) is 5.41. The van der Waals surface area contributed by atoms with Crippen molar-refractivity contribution in [1.82, 2.24) is 14.8 Å². The summed E-state index contributed by atoms with van der Waals surface area (Å²) in [6.07, 6.45) is 1.81. The van der Waals surface area contributed by atoms with Crippen LogP contribution in [-0.4, -0.2) is 40.6 Å². The normalized spacial score (nSPS) is 23.0. The fourth-order valence-electron chi connectivity index (χ4n) is 3.37. The van der Waals surface area contributed by atoms with E-state index < -0.39 is 0 Å². The predicted octanol–water partition coefficient (Wildman–Crippen LogP) is 2.51. The minimum Gasteiger partial charge on any atom is -0.377 e. The van der Waals surface area contributed by atoms with Crippen LogP contribution in [0.15, 0.2) is 10.7 Å². The molecule has 0 amide bonds. The van der Waals surface area contributed by atoms with Crippen LogP contribution in [0.2, 0.25) is 0 Å². The lowest BCUT2D eigenvalue weighted by Gasteiger charge is -2.34. The highest BCUT2D eigenvalue weighted by molar-refractivity contribution is 9.10. The first-order chi connectivity index (χ1) is 11.1. The van der Waals surface area contributed by atoms with E-state index in [1.165, 1.54) is 0 Å². The van der Waals surface area contributed by atoms with E-state index in [9.17, 15) is 5.26 Å². The van der Waals surface area contributed by atoms with E-state index >= 15 is 0 Å². The number of aryl methyl sites for hydroxylation is 1. The minimum absolute atomic E-state index is 0.272. The van der Waals surface area contributed by atoms with E-state index in [1.807, 2.05) is 11.7 Å². The summed E-state index contributed by atoms with van der Waals surface area (Å²) in [4.78, 5) is 7.10. The Morgan fingerprint density at radius 1 is 1.48 bits per heavy atom. The van der Waals surface area contributed by atoms with Gasteiger partial charge in [-0.05, 0) is 41.8 Å². The molecule has 1 aliphatic carbocycles. The van der Waals surface area contributed by atoms with Crippen LogP contribution in [0, 0.1) is 11.3 Å². The number of nitriles is 1.